The van der Waals surface area contributed by atoms with Crippen molar-refractivity contribution in [3.63, 3.8) is 0 Å². The zero-order valence-electron chi connectivity index (χ0n) is 14.6. The van der Waals surface area contributed by atoms with Crippen molar-refractivity contribution < 1.29 is 5.11 Å². The number of nitrogens with zero attached hydrogens (tertiary/aromatic N) is 5. The summed E-state index contributed by atoms with van der Waals surface area (Å²) in [4.78, 5) is 5.71. The molecule has 0 fully saturated rings. The highest BCUT2D eigenvalue weighted by molar-refractivity contribution is 6.30. The minimum atomic E-state index is -0.792. The molecule has 0 spiro atoms. The Hall–Kier alpha value is -3.31. The summed E-state index contributed by atoms with van der Waals surface area (Å²) >= 11 is 6.01. The highest BCUT2D eigenvalue weighted by atomic mass is 35.5. The first-order chi connectivity index (χ1) is 13.0. The second kappa shape index (κ2) is 8.87. The molecule has 0 unspecified atom stereocenters. The maximum absolute atomic E-state index is 9.76. The van der Waals surface area contributed by atoms with E-state index in [9.17, 15) is 20.9 Å². The van der Waals surface area contributed by atoms with Gasteiger partial charge in [-0.15, -0.1) is 0 Å². The number of rotatable bonds is 6. The van der Waals surface area contributed by atoms with Crippen molar-refractivity contribution in [1.82, 2.24) is 4.98 Å². The molecule has 0 amide bonds. The van der Waals surface area contributed by atoms with Crippen LogP contribution in [0.4, 0.5) is 11.6 Å². The molecule has 8 heteroatoms. The van der Waals surface area contributed by atoms with E-state index in [0.29, 0.717) is 5.02 Å². The summed E-state index contributed by atoms with van der Waals surface area (Å²) in [5, 5.41) is 38.7. The van der Waals surface area contributed by atoms with Crippen LogP contribution in [0.2, 0.25) is 5.02 Å². The maximum Gasteiger partial charge on any atom is 0.149 e. The number of halogens is 1. The summed E-state index contributed by atoms with van der Waals surface area (Å²) in [6.45, 7) is 0.0699. The van der Waals surface area contributed by atoms with E-state index in [1.165, 1.54) is 0 Å². The highest BCUT2D eigenvalue weighted by Gasteiger charge is 2.27. The van der Waals surface area contributed by atoms with E-state index in [4.69, 9.17) is 17.3 Å². The molecule has 0 aliphatic heterocycles. The van der Waals surface area contributed by atoms with Gasteiger partial charge in [-0.3, -0.25) is 0 Å². The van der Waals surface area contributed by atoms with Crippen LogP contribution in [0, 0.1) is 34.0 Å². The van der Waals surface area contributed by atoms with Crippen LogP contribution in [-0.4, -0.2) is 30.3 Å². The summed E-state index contributed by atoms with van der Waals surface area (Å²) < 4.78 is 0. The summed E-state index contributed by atoms with van der Waals surface area (Å²) in [6, 6.07) is 13.2. The maximum atomic E-state index is 9.76. The Morgan fingerprint density at radius 1 is 1.26 bits per heavy atom. The number of benzene rings is 1. The van der Waals surface area contributed by atoms with E-state index in [1.54, 1.807) is 30.1 Å². The first kappa shape index (κ1) is 20.0. The van der Waals surface area contributed by atoms with Gasteiger partial charge in [0.15, 0.2) is 0 Å². The molecular weight excluding hydrogens is 364 g/mol. The molecule has 1 aromatic carbocycles. The van der Waals surface area contributed by atoms with E-state index in [0.717, 1.165) is 5.56 Å². The number of aliphatic hydroxyl groups is 1. The molecule has 1 atom stereocenters. The number of hydrogen-bond acceptors (Lipinski definition) is 7. The van der Waals surface area contributed by atoms with Gasteiger partial charge in [0.1, 0.15) is 34.9 Å². The molecule has 2 rings (SSSR count). The average molecular weight is 381 g/mol. The zero-order chi connectivity index (χ0) is 20.0. The fourth-order valence-electron chi connectivity index (χ4n) is 2.83. The third-order valence-corrected chi connectivity index (χ3v) is 4.33. The van der Waals surface area contributed by atoms with Crippen LogP contribution in [0.25, 0.3) is 0 Å². The van der Waals surface area contributed by atoms with Gasteiger partial charge < -0.3 is 15.7 Å². The number of pyridine rings is 1. The van der Waals surface area contributed by atoms with Gasteiger partial charge in [-0.25, -0.2) is 4.98 Å². The van der Waals surface area contributed by atoms with Gasteiger partial charge in [-0.05, 0) is 24.1 Å². The Balaban J connectivity index is 2.66. The Morgan fingerprint density at radius 3 is 2.52 bits per heavy atom. The van der Waals surface area contributed by atoms with Crippen molar-refractivity contribution >= 4 is 23.2 Å². The number of nitrogens with two attached hydrogens (primary N) is 1. The Morgan fingerprint density at radius 2 is 1.96 bits per heavy atom. The second-order valence-electron chi connectivity index (χ2n) is 5.87. The molecular formula is C19H17ClN6O. The normalized spacial score (nSPS) is 11.1. The third kappa shape index (κ3) is 4.27. The van der Waals surface area contributed by atoms with Crippen molar-refractivity contribution in [2.45, 2.75) is 12.3 Å². The van der Waals surface area contributed by atoms with Crippen LogP contribution in [0.1, 0.15) is 28.2 Å². The van der Waals surface area contributed by atoms with Crippen LogP contribution in [0.15, 0.2) is 24.3 Å². The number of nitriles is 3. The molecule has 7 nitrogen and oxygen atoms in total. The van der Waals surface area contributed by atoms with Crippen LogP contribution in [0.3, 0.4) is 0 Å². The fourth-order valence-corrected chi connectivity index (χ4v) is 3.04. The Kier molecular flexibility index (Phi) is 6.57. The van der Waals surface area contributed by atoms with Gasteiger partial charge in [0.05, 0.1) is 18.6 Å². The number of aromatic nitrogens is 1. The van der Waals surface area contributed by atoms with Crippen molar-refractivity contribution in [3.05, 3.63) is 51.5 Å². The van der Waals surface area contributed by atoms with Crippen molar-refractivity contribution in [1.29, 1.82) is 15.8 Å². The first-order valence-corrected chi connectivity index (χ1v) is 8.44. The lowest BCUT2D eigenvalue weighted by atomic mass is 9.87. The number of aliphatic hydroxyl groups excluding tert-OH is 1. The van der Waals surface area contributed by atoms with Crippen molar-refractivity contribution in [2.24, 2.45) is 0 Å². The quantitative estimate of drug-likeness (QED) is 0.785. The standard InChI is InChI=1S/C19H17ClN6O/c1-26(5-6-27)19-16(11-23)17(15(10-22)18(24)25-19)13(9-21)7-12-3-2-4-14(20)8-12/h2-4,8,13,27H,5-7H2,1H3,(H2,24,25)/t13-/m1/s1. The molecule has 1 heterocycles. The monoisotopic (exact) mass is 380 g/mol. The van der Waals surface area contributed by atoms with Crippen molar-refractivity contribution in [2.75, 3.05) is 30.8 Å². The molecule has 136 valence electrons. The van der Waals surface area contributed by atoms with Gasteiger partial charge in [-0.1, -0.05) is 23.7 Å². The van der Waals surface area contributed by atoms with Crippen LogP contribution < -0.4 is 10.6 Å². The topological polar surface area (TPSA) is 134 Å². The van der Waals surface area contributed by atoms with E-state index >= 15 is 0 Å². The number of likely N-dealkylation sites (N-methyl/N-ethyl adjacent to an activating group) is 1. The lowest BCUT2D eigenvalue weighted by Gasteiger charge is -2.22. The van der Waals surface area contributed by atoms with Crippen molar-refractivity contribution in [3.8, 4) is 18.2 Å². The van der Waals surface area contributed by atoms with Gasteiger partial charge in [0.2, 0.25) is 0 Å². The molecule has 3 N–H and O–H groups in total. The Bertz CT molecular complexity index is 970. The average Bonchev–Trinajstić information content (AvgIpc) is 2.65. The molecule has 0 saturated carbocycles. The highest BCUT2D eigenvalue weighted by Crippen LogP contribution is 2.34. The molecule has 27 heavy (non-hydrogen) atoms. The third-order valence-electron chi connectivity index (χ3n) is 4.10. The largest absolute Gasteiger partial charge is 0.395 e. The van der Waals surface area contributed by atoms with Crippen LogP contribution in [0.5, 0.6) is 0 Å². The van der Waals surface area contributed by atoms with Gasteiger partial charge in [0, 0.05) is 24.2 Å². The van der Waals surface area contributed by atoms with Gasteiger partial charge in [0.25, 0.3) is 0 Å². The molecule has 2 aromatic rings. The Labute approximate surface area is 162 Å². The molecule has 1 aromatic heterocycles. The van der Waals surface area contributed by atoms with E-state index in [1.807, 2.05) is 18.2 Å². The second-order valence-corrected chi connectivity index (χ2v) is 6.31. The van der Waals surface area contributed by atoms with E-state index in [2.05, 4.69) is 11.1 Å². The lowest BCUT2D eigenvalue weighted by molar-refractivity contribution is 0.304. The van der Waals surface area contributed by atoms with Crippen LogP contribution >= 0.6 is 11.6 Å². The minimum Gasteiger partial charge on any atom is -0.395 e. The lowest BCUT2D eigenvalue weighted by Crippen LogP contribution is -2.25. The van der Waals surface area contributed by atoms with E-state index < -0.39 is 5.92 Å². The number of anilines is 2. The summed E-state index contributed by atoms with van der Waals surface area (Å²) in [5.41, 5.74) is 7.09. The fraction of sp³-hybridized carbons (Fsp3) is 0.263. The number of hydrogen-bond donors (Lipinski definition) is 2. The zero-order valence-corrected chi connectivity index (χ0v) is 15.4. The van der Waals surface area contributed by atoms with Gasteiger partial charge >= 0.3 is 0 Å². The van der Waals surface area contributed by atoms with E-state index in [-0.39, 0.29) is 47.9 Å². The minimum absolute atomic E-state index is 0.0151. The first-order valence-electron chi connectivity index (χ1n) is 8.06. The molecule has 0 bridgehead atoms. The molecule has 0 aliphatic rings. The molecule has 0 radical (unpaired) electrons. The summed E-state index contributed by atoms with van der Waals surface area (Å²) in [6.07, 6.45) is 0.257. The van der Waals surface area contributed by atoms with Crippen LogP contribution in [-0.2, 0) is 6.42 Å². The SMILES string of the molecule is CN(CCO)c1nc(N)c(C#N)c([C@@H](C#N)Cc2cccc(Cl)c2)c1C#N. The van der Waals surface area contributed by atoms with Gasteiger partial charge in [-0.2, -0.15) is 15.8 Å². The smallest absolute Gasteiger partial charge is 0.149 e. The summed E-state index contributed by atoms with van der Waals surface area (Å²) in [5.74, 6) is -0.624. The molecule has 0 saturated heterocycles. The predicted octanol–water partition coefficient (Wildman–Crippen LogP) is 2.34. The predicted molar refractivity (Wildman–Crippen MR) is 102 cm³/mol. The molecule has 0 aliphatic carbocycles. The number of nitrogen functional groups attached to an aromatic ring is 1. The summed E-state index contributed by atoms with van der Waals surface area (Å²) in [7, 11) is 1.65.